The number of alkyl halides is 2. The number of H-pyrrole nitrogens is 1. The van der Waals surface area contributed by atoms with Gasteiger partial charge in [-0.15, -0.1) is 0 Å². The molecule has 6 heteroatoms. The summed E-state index contributed by atoms with van der Waals surface area (Å²) in [7, 11) is 0. The topological polar surface area (TPSA) is 50.8 Å². The molecule has 0 saturated carbocycles. The molecule has 1 N–H and O–H groups in total. The average molecular weight is 185 g/mol. The first-order valence-corrected chi connectivity index (χ1v) is 3.50. The standard InChI is InChI=1S/C7H5F2N3O/c8-7(9)13-5-2-1-4-3-10-12-6(4)11-5/h1-3,7H,(H,10,11,12). The van der Waals surface area contributed by atoms with Gasteiger partial charge in [-0.25, -0.2) is 0 Å². The highest BCUT2D eigenvalue weighted by Crippen LogP contribution is 2.15. The van der Waals surface area contributed by atoms with Crippen molar-refractivity contribution in [3.8, 4) is 5.88 Å². The highest BCUT2D eigenvalue weighted by atomic mass is 19.3. The van der Waals surface area contributed by atoms with Gasteiger partial charge in [-0.3, -0.25) is 5.10 Å². The molecule has 4 nitrogen and oxygen atoms in total. The summed E-state index contributed by atoms with van der Waals surface area (Å²) >= 11 is 0. The Morgan fingerprint density at radius 2 is 2.23 bits per heavy atom. The van der Waals surface area contributed by atoms with Crippen LogP contribution < -0.4 is 4.74 Å². The number of aromatic amines is 1. The van der Waals surface area contributed by atoms with Gasteiger partial charge in [0.15, 0.2) is 5.65 Å². The van der Waals surface area contributed by atoms with Crippen LogP contribution in [0.4, 0.5) is 8.78 Å². The summed E-state index contributed by atoms with van der Waals surface area (Å²) in [5, 5.41) is 6.99. The average Bonchev–Trinajstić information content (AvgIpc) is 2.49. The lowest BCUT2D eigenvalue weighted by molar-refractivity contribution is -0.0526. The van der Waals surface area contributed by atoms with Gasteiger partial charge in [-0.05, 0) is 6.07 Å². The van der Waals surface area contributed by atoms with Crippen LogP contribution in [0.3, 0.4) is 0 Å². The van der Waals surface area contributed by atoms with E-state index in [4.69, 9.17) is 0 Å². The molecule has 0 amide bonds. The SMILES string of the molecule is FC(F)Oc1ccc2cn[nH]c2n1. The van der Waals surface area contributed by atoms with E-state index < -0.39 is 6.61 Å². The fraction of sp³-hybridized carbons (Fsp3) is 0.143. The van der Waals surface area contributed by atoms with E-state index in [0.717, 1.165) is 5.39 Å². The van der Waals surface area contributed by atoms with Gasteiger partial charge >= 0.3 is 6.61 Å². The summed E-state index contributed by atoms with van der Waals surface area (Å²) in [6.07, 6.45) is 1.55. The third-order valence-corrected chi connectivity index (χ3v) is 1.48. The number of hydrogen-bond donors (Lipinski definition) is 1. The summed E-state index contributed by atoms with van der Waals surface area (Å²) < 4.78 is 27.6. The Hall–Kier alpha value is -1.72. The molecule has 13 heavy (non-hydrogen) atoms. The first-order valence-electron chi connectivity index (χ1n) is 3.50. The Morgan fingerprint density at radius 1 is 1.38 bits per heavy atom. The minimum atomic E-state index is -2.85. The molecule has 0 aliphatic heterocycles. The summed E-state index contributed by atoms with van der Waals surface area (Å²) in [6, 6.07) is 2.97. The number of halogens is 2. The molecule has 0 unspecified atom stereocenters. The second-order valence-corrected chi connectivity index (χ2v) is 2.34. The second-order valence-electron chi connectivity index (χ2n) is 2.34. The molecule has 0 fully saturated rings. The first-order chi connectivity index (χ1) is 6.25. The Labute approximate surface area is 71.5 Å². The summed E-state index contributed by atoms with van der Waals surface area (Å²) in [6.45, 7) is -2.85. The lowest BCUT2D eigenvalue weighted by atomic mass is 10.4. The van der Waals surface area contributed by atoms with E-state index in [9.17, 15) is 8.78 Å². The van der Waals surface area contributed by atoms with Gasteiger partial charge < -0.3 is 4.74 Å². The quantitative estimate of drug-likeness (QED) is 0.772. The molecule has 2 aromatic rings. The van der Waals surface area contributed by atoms with Crippen LogP contribution in [0.15, 0.2) is 18.3 Å². The Bertz CT molecular complexity index is 415. The largest absolute Gasteiger partial charge is 0.417 e. The number of hydrogen-bond acceptors (Lipinski definition) is 3. The predicted octanol–water partition coefficient (Wildman–Crippen LogP) is 1.56. The van der Waals surface area contributed by atoms with Crippen LogP contribution in [-0.4, -0.2) is 21.8 Å². The fourth-order valence-corrected chi connectivity index (χ4v) is 0.966. The van der Waals surface area contributed by atoms with Gasteiger partial charge in [0.1, 0.15) is 0 Å². The minimum Gasteiger partial charge on any atom is -0.417 e. The fourth-order valence-electron chi connectivity index (χ4n) is 0.966. The van der Waals surface area contributed by atoms with Crippen LogP contribution in [0.25, 0.3) is 11.0 Å². The van der Waals surface area contributed by atoms with Crippen LogP contribution in [0, 0.1) is 0 Å². The van der Waals surface area contributed by atoms with Crippen molar-refractivity contribution in [2.75, 3.05) is 0 Å². The normalized spacial score (nSPS) is 11.0. The van der Waals surface area contributed by atoms with E-state index in [1.54, 1.807) is 12.3 Å². The molecule has 0 spiro atoms. The Morgan fingerprint density at radius 3 is 3.00 bits per heavy atom. The molecule has 0 aromatic carbocycles. The molecule has 2 heterocycles. The molecule has 0 saturated heterocycles. The maximum Gasteiger partial charge on any atom is 0.388 e. The molecule has 0 bridgehead atoms. The van der Waals surface area contributed by atoms with Crippen LogP contribution in [-0.2, 0) is 0 Å². The summed E-state index contributed by atoms with van der Waals surface area (Å²) in [4.78, 5) is 3.76. The zero-order valence-corrected chi connectivity index (χ0v) is 6.37. The monoisotopic (exact) mass is 185 g/mol. The van der Waals surface area contributed by atoms with E-state index in [1.807, 2.05) is 0 Å². The molecular formula is C7H5F2N3O. The maximum absolute atomic E-state index is 11.8. The minimum absolute atomic E-state index is 0.119. The van der Waals surface area contributed by atoms with Crippen LogP contribution in [0.1, 0.15) is 0 Å². The number of fused-ring (bicyclic) bond motifs is 1. The lowest BCUT2D eigenvalue weighted by Gasteiger charge is -2.01. The van der Waals surface area contributed by atoms with Crippen molar-refractivity contribution >= 4 is 11.0 Å². The number of ether oxygens (including phenoxy) is 1. The number of rotatable bonds is 2. The number of aromatic nitrogens is 3. The van der Waals surface area contributed by atoms with Crippen molar-refractivity contribution in [2.24, 2.45) is 0 Å². The van der Waals surface area contributed by atoms with Crippen molar-refractivity contribution in [3.05, 3.63) is 18.3 Å². The van der Waals surface area contributed by atoms with E-state index >= 15 is 0 Å². The van der Waals surface area contributed by atoms with E-state index in [2.05, 4.69) is 19.9 Å². The molecular weight excluding hydrogens is 180 g/mol. The molecule has 2 aromatic heterocycles. The third kappa shape index (κ3) is 1.56. The van der Waals surface area contributed by atoms with Gasteiger partial charge in [-0.2, -0.15) is 18.9 Å². The zero-order chi connectivity index (χ0) is 9.26. The number of pyridine rings is 1. The van der Waals surface area contributed by atoms with Crippen molar-refractivity contribution in [1.29, 1.82) is 0 Å². The lowest BCUT2D eigenvalue weighted by Crippen LogP contribution is -2.03. The Kier molecular flexibility index (Phi) is 1.80. The highest BCUT2D eigenvalue weighted by Gasteiger charge is 2.06. The third-order valence-electron chi connectivity index (χ3n) is 1.48. The second kappa shape index (κ2) is 2.96. The molecule has 68 valence electrons. The summed E-state index contributed by atoms with van der Waals surface area (Å²) in [5.41, 5.74) is 0.429. The van der Waals surface area contributed by atoms with Gasteiger partial charge in [-0.1, -0.05) is 0 Å². The van der Waals surface area contributed by atoms with E-state index in [1.165, 1.54) is 6.07 Å². The predicted molar refractivity (Wildman–Crippen MR) is 40.5 cm³/mol. The Balaban J connectivity index is 2.37. The van der Waals surface area contributed by atoms with Crippen LogP contribution in [0.2, 0.25) is 0 Å². The summed E-state index contributed by atoms with van der Waals surface area (Å²) in [5.74, 6) is -0.119. The van der Waals surface area contributed by atoms with Crippen molar-refractivity contribution < 1.29 is 13.5 Å². The molecule has 0 atom stereocenters. The molecule has 2 rings (SSSR count). The van der Waals surface area contributed by atoms with Crippen molar-refractivity contribution in [3.63, 3.8) is 0 Å². The molecule has 0 radical (unpaired) electrons. The van der Waals surface area contributed by atoms with Gasteiger partial charge in [0.05, 0.1) is 6.20 Å². The van der Waals surface area contributed by atoms with Crippen LogP contribution in [0.5, 0.6) is 5.88 Å². The maximum atomic E-state index is 11.8. The molecule has 0 aliphatic rings. The van der Waals surface area contributed by atoms with Crippen molar-refractivity contribution in [2.45, 2.75) is 6.61 Å². The smallest absolute Gasteiger partial charge is 0.388 e. The van der Waals surface area contributed by atoms with Crippen molar-refractivity contribution in [1.82, 2.24) is 15.2 Å². The van der Waals surface area contributed by atoms with Crippen LogP contribution >= 0.6 is 0 Å². The number of nitrogens with zero attached hydrogens (tertiary/aromatic N) is 2. The van der Waals surface area contributed by atoms with Gasteiger partial charge in [0.25, 0.3) is 0 Å². The van der Waals surface area contributed by atoms with Gasteiger partial charge in [0, 0.05) is 11.5 Å². The zero-order valence-electron chi connectivity index (χ0n) is 6.37. The van der Waals surface area contributed by atoms with E-state index in [0.29, 0.717) is 5.65 Å². The van der Waals surface area contributed by atoms with Gasteiger partial charge in [0.2, 0.25) is 5.88 Å². The molecule has 0 aliphatic carbocycles. The van der Waals surface area contributed by atoms with E-state index in [-0.39, 0.29) is 5.88 Å². The number of nitrogens with one attached hydrogen (secondary N) is 1. The highest BCUT2D eigenvalue weighted by molar-refractivity contribution is 5.73. The first kappa shape index (κ1) is 7.90.